The van der Waals surface area contributed by atoms with Gasteiger partial charge in [-0.1, -0.05) is 13.3 Å². The molecule has 0 saturated heterocycles. The first-order valence-corrected chi connectivity index (χ1v) is 10.8. The number of carbonyl (C=O) groups excluding carboxylic acids is 3. The molecule has 2 N–H and O–H groups in total. The maximum Gasteiger partial charge on any atom is 0.341 e. The second-order valence-corrected chi connectivity index (χ2v) is 7.63. The molecule has 0 radical (unpaired) electrons. The SMILES string of the molecule is CCCCNC(=O)c1sc(NC(=O)c2ccc(OC)c(OC)c2)c(C(=O)OCC)c1C. The summed E-state index contributed by atoms with van der Waals surface area (Å²) in [6.45, 7) is 6.11. The van der Waals surface area contributed by atoms with Crippen LogP contribution < -0.4 is 20.1 Å². The van der Waals surface area contributed by atoms with Crippen LogP contribution in [0.4, 0.5) is 5.00 Å². The zero-order valence-electron chi connectivity index (χ0n) is 18.4. The van der Waals surface area contributed by atoms with Crippen molar-refractivity contribution < 1.29 is 28.6 Å². The average molecular weight is 449 g/mol. The number of methoxy groups -OCH3 is 2. The van der Waals surface area contributed by atoms with E-state index in [-0.39, 0.29) is 23.1 Å². The molecule has 2 aromatic rings. The van der Waals surface area contributed by atoms with Crippen molar-refractivity contribution in [1.82, 2.24) is 5.32 Å². The predicted octanol–water partition coefficient (Wildman–Crippen LogP) is 4.03. The summed E-state index contributed by atoms with van der Waals surface area (Å²) < 4.78 is 15.6. The van der Waals surface area contributed by atoms with Crippen molar-refractivity contribution >= 4 is 34.1 Å². The number of ether oxygens (including phenoxy) is 3. The fourth-order valence-electron chi connectivity index (χ4n) is 2.88. The fraction of sp³-hybridized carbons (Fsp3) is 0.409. The average Bonchev–Trinajstić information content (AvgIpc) is 3.09. The highest BCUT2D eigenvalue weighted by molar-refractivity contribution is 7.18. The Kier molecular flexibility index (Phi) is 8.87. The van der Waals surface area contributed by atoms with Gasteiger partial charge in [-0.15, -0.1) is 11.3 Å². The Labute approximate surface area is 185 Å². The number of esters is 1. The van der Waals surface area contributed by atoms with E-state index in [1.54, 1.807) is 26.0 Å². The summed E-state index contributed by atoms with van der Waals surface area (Å²) in [5, 5.41) is 5.84. The molecule has 0 aliphatic carbocycles. The van der Waals surface area contributed by atoms with Crippen LogP contribution in [0.3, 0.4) is 0 Å². The summed E-state index contributed by atoms with van der Waals surface area (Å²) in [5.74, 6) is -0.436. The van der Waals surface area contributed by atoms with Crippen LogP contribution in [0.2, 0.25) is 0 Å². The molecule has 1 heterocycles. The first-order chi connectivity index (χ1) is 14.9. The van der Waals surface area contributed by atoms with Crippen LogP contribution in [0.25, 0.3) is 0 Å². The first-order valence-electron chi connectivity index (χ1n) is 9.99. The van der Waals surface area contributed by atoms with E-state index in [4.69, 9.17) is 14.2 Å². The zero-order valence-corrected chi connectivity index (χ0v) is 19.2. The quantitative estimate of drug-likeness (QED) is 0.420. The minimum absolute atomic E-state index is 0.176. The molecule has 0 aliphatic rings. The summed E-state index contributed by atoms with van der Waals surface area (Å²) in [4.78, 5) is 38.4. The summed E-state index contributed by atoms with van der Waals surface area (Å²) >= 11 is 1.05. The molecule has 8 nitrogen and oxygen atoms in total. The summed E-state index contributed by atoms with van der Waals surface area (Å²) in [6, 6.07) is 4.74. The van der Waals surface area contributed by atoms with Gasteiger partial charge in [0, 0.05) is 12.1 Å². The van der Waals surface area contributed by atoms with Crippen LogP contribution >= 0.6 is 11.3 Å². The molecule has 0 spiro atoms. The van der Waals surface area contributed by atoms with E-state index >= 15 is 0 Å². The third kappa shape index (κ3) is 5.75. The molecule has 1 aromatic heterocycles. The summed E-state index contributed by atoms with van der Waals surface area (Å²) in [7, 11) is 2.98. The number of anilines is 1. The normalized spacial score (nSPS) is 10.4. The molecular formula is C22H28N2O6S. The number of amides is 2. The van der Waals surface area contributed by atoms with Crippen molar-refractivity contribution in [3.05, 3.63) is 39.8 Å². The topological polar surface area (TPSA) is 103 Å². The van der Waals surface area contributed by atoms with E-state index < -0.39 is 11.9 Å². The lowest BCUT2D eigenvalue weighted by Crippen LogP contribution is -2.24. The molecular weight excluding hydrogens is 420 g/mol. The standard InChI is InChI=1S/C22H28N2O6S/c1-6-8-11-23-20(26)18-13(3)17(22(27)30-7-2)21(31-18)24-19(25)14-9-10-15(28-4)16(12-14)29-5/h9-10,12H,6-8,11H2,1-5H3,(H,23,26)(H,24,25). The second-order valence-electron chi connectivity index (χ2n) is 6.61. The highest BCUT2D eigenvalue weighted by Gasteiger charge is 2.27. The van der Waals surface area contributed by atoms with Crippen molar-refractivity contribution in [2.75, 3.05) is 32.7 Å². The number of hydrogen-bond acceptors (Lipinski definition) is 7. The van der Waals surface area contributed by atoms with E-state index in [0.29, 0.717) is 34.0 Å². The van der Waals surface area contributed by atoms with Gasteiger partial charge in [-0.2, -0.15) is 0 Å². The number of thiophene rings is 1. The number of nitrogens with one attached hydrogen (secondary N) is 2. The molecule has 9 heteroatoms. The van der Waals surface area contributed by atoms with Crippen LogP contribution in [0.5, 0.6) is 11.5 Å². The van der Waals surface area contributed by atoms with Gasteiger partial charge in [0.1, 0.15) is 5.00 Å². The molecule has 1 aromatic carbocycles. The van der Waals surface area contributed by atoms with E-state index in [1.807, 2.05) is 6.92 Å². The zero-order chi connectivity index (χ0) is 23.0. The number of unbranched alkanes of at least 4 members (excludes halogenated alkanes) is 1. The van der Waals surface area contributed by atoms with Crippen LogP contribution in [0, 0.1) is 6.92 Å². The molecule has 31 heavy (non-hydrogen) atoms. The lowest BCUT2D eigenvalue weighted by molar-refractivity contribution is 0.0527. The van der Waals surface area contributed by atoms with Gasteiger partial charge in [-0.25, -0.2) is 4.79 Å². The van der Waals surface area contributed by atoms with E-state index in [9.17, 15) is 14.4 Å². The molecule has 0 fully saturated rings. The van der Waals surface area contributed by atoms with Gasteiger partial charge in [0.05, 0.1) is 31.3 Å². The number of rotatable bonds is 10. The molecule has 168 valence electrons. The van der Waals surface area contributed by atoms with Crippen LogP contribution in [0.15, 0.2) is 18.2 Å². The number of hydrogen-bond donors (Lipinski definition) is 2. The maximum atomic E-state index is 12.9. The third-order valence-corrected chi connectivity index (χ3v) is 5.73. The van der Waals surface area contributed by atoms with Crippen LogP contribution in [0.1, 0.15) is 62.6 Å². The minimum Gasteiger partial charge on any atom is -0.493 e. The Bertz CT molecular complexity index is 954. The minimum atomic E-state index is -0.591. The monoisotopic (exact) mass is 448 g/mol. The predicted molar refractivity (Wildman–Crippen MR) is 120 cm³/mol. The van der Waals surface area contributed by atoms with Crippen molar-refractivity contribution in [2.45, 2.75) is 33.6 Å². The second kappa shape index (κ2) is 11.4. The van der Waals surface area contributed by atoms with E-state index in [2.05, 4.69) is 10.6 Å². The highest BCUT2D eigenvalue weighted by Crippen LogP contribution is 2.35. The third-order valence-electron chi connectivity index (χ3n) is 4.52. The van der Waals surface area contributed by atoms with Crippen molar-refractivity contribution in [3.63, 3.8) is 0 Å². The largest absolute Gasteiger partial charge is 0.493 e. The molecule has 2 rings (SSSR count). The van der Waals surface area contributed by atoms with Gasteiger partial charge in [0.2, 0.25) is 0 Å². The highest BCUT2D eigenvalue weighted by atomic mass is 32.1. The molecule has 0 atom stereocenters. The van der Waals surface area contributed by atoms with Gasteiger partial charge in [-0.05, 0) is 44.0 Å². The number of carbonyl (C=O) groups is 3. The Morgan fingerprint density at radius 3 is 2.35 bits per heavy atom. The lowest BCUT2D eigenvalue weighted by Gasteiger charge is -2.10. The van der Waals surface area contributed by atoms with Gasteiger partial charge < -0.3 is 24.8 Å². The van der Waals surface area contributed by atoms with Gasteiger partial charge in [-0.3, -0.25) is 9.59 Å². The lowest BCUT2D eigenvalue weighted by atomic mass is 10.1. The molecule has 0 aliphatic heterocycles. The number of benzene rings is 1. The Morgan fingerprint density at radius 2 is 1.74 bits per heavy atom. The first kappa shape index (κ1) is 24.2. The van der Waals surface area contributed by atoms with Gasteiger partial charge >= 0.3 is 5.97 Å². The molecule has 0 saturated carbocycles. The van der Waals surface area contributed by atoms with Gasteiger partial charge in [0.15, 0.2) is 11.5 Å². The van der Waals surface area contributed by atoms with Gasteiger partial charge in [0.25, 0.3) is 11.8 Å². The Balaban J connectivity index is 2.37. The Morgan fingerprint density at radius 1 is 1.03 bits per heavy atom. The Hall–Kier alpha value is -3.07. The molecule has 0 unspecified atom stereocenters. The van der Waals surface area contributed by atoms with Crippen molar-refractivity contribution in [3.8, 4) is 11.5 Å². The van der Waals surface area contributed by atoms with Crippen molar-refractivity contribution in [2.24, 2.45) is 0 Å². The smallest absolute Gasteiger partial charge is 0.341 e. The van der Waals surface area contributed by atoms with Crippen LogP contribution in [-0.2, 0) is 4.74 Å². The molecule has 2 amide bonds. The molecule has 0 bridgehead atoms. The summed E-state index contributed by atoms with van der Waals surface area (Å²) in [5.41, 5.74) is 0.967. The fourth-order valence-corrected chi connectivity index (χ4v) is 3.99. The van der Waals surface area contributed by atoms with E-state index in [1.165, 1.54) is 20.3 Å². The van der Waals surface area contributed by atoms with Crippen molar-refractivity contribution in [1.29, 1.82) is 0 Å². The van der Waals surface area contributed by atoms with E-state index in [0.717, 1.165) is 24.2 Å². The summed E-state index contributed by atoms with van der Waals surface area (Å²) in [6.07, 6.45) is 1.80. The maximum absolute atomic E-state index is 12.9. The van der Waals surface area contributed by atoms with Crippen LogP contribution in [-0.4, -0.2) is 45.2 Å².